The lowest BCUT2D eigenvalue weighted by Crippen LogP contribution is -2.40. The number of amides is 1. The molecule has 3 rings (SSSR count). The van der Waals surface area contributed by atoms with E-state index in [1.165, 1.54) is 12.5 Å². The Morgan fingerprint density at radius 2 is 2.04 bits per heavy atom. The smallest absolute Gasteiger partial charge is 0.316 e. The van der Waals surface area contributed by atoms with Gasteiger partial charge in [0, 0.05) is 19.3 Å². The Morgan fingerprint density at radius 3 is 2.72 bits per heavy atom. The van der Waals surface area contributed by atoms with Crippen molar-refractivity contribution in [3.05, 3.63) is 59.7 Å². The molecule has 25 heavy (non-hydrogen) atoms. The van der Waals surface area contributed by atoms with Crippen molar-refractivity contribution in [2.45, 2.75) is 31.6 Å². The predicted molar refractivity (Wildman–Crippen MR) is 92.3 cm³/mol. The van der Waals surface area contributed by atoms with E-state index in [0.717, 1.165) is 17.7 Å². The molecule has 1 aromatic heterocycles. The molecule has 1 aromatic carbocycles. The van der Waals surface area contributed by atoms with E-state index in [4.69, 9.17) is 0 Å². The van der Waals surface area contributed by atoms with Crippen molar-refractivity contribution >= 4 is 11.9 Å². The minimum absolute atomic E-state index is 0.158. The van der Waals surface area contributed by atoms with Gasteiger partial charge in [-0.2, -0.15) is 0 Å². The number of carboxylic acid groups (broad SMARTS) is 1. The molecular formula is C19H21N3O3. The summed E-state index contributed by atoms with van der Waals surface area (Å²) in [5, 5.41) is 9.86. The second-order valence-corrected chi connectivity index (χ2v) is 6.36. The van der Waals surface area contributed by atoms with Gasteiger partial charge in [0.05, 0.1) is 11.3 Å². The van der Waals surface area contributed by atoms with Gasteiger partial charge in [0.25, 0.3) is 5.91 Å². The number of aromatic nitrogens is 2. The van der Waals surface area contributed by atoms with E-state index in [2.05, 4.69) is 9.97 Å². The molecule has 0 spiro atoms. The largest absolute Gasteiger partial charge is 0.481 e. The molecule has 1 atom stereocenters. The Hall–Kier alpha value is -2.76. The number of rotatable bonds is 5. The Balaban J connectivity index is 1.89. The molecule has 1 saturated heterocycles. The van der Waals surface area contributed by atoms with Gasteiger partial charge in [-0.25, -0.2) is 9.97 Å². The van der Waals surface area contributed by atoms with Crippen LogP contribution in [0.15, 0.2) is 42.9 Å². The number of aryl methyl sites for hydroxylation is 1. The molecule has 1 aliphatic rings. The molecule has 1 amide bonds. The van der Waals surface area contributed by atoms with Gasteiger partial charge in [0.15, 0.2) is 0 Å². The maximum Gasteiger partial charge on any atom is 0.316 e. The molecule has 1 N–H and O–H groups in total. The van der Waals surface area contributed by atoms with E-state index in [0.29, 0.717) is 24.9 Å². The van der Waals surface area contributed by atoms with E-state index in [1.807, 2.05) is 37.3 Å². The molecule has 0 aliphatic carbocycles. The molecule has 1 fully saturated rings. The van der Waals surface area contributed by atoms with Crippen LogP contribution in [0.4, 0.5) is 0 Å². The van der Waals surface area contributed by atoms with Gasteiger partial charge in [-0.05, 0) is 18.4 Å². The second kappa shape index (κ2) is 7.01. The number of benzene rings is 1. The second-order valence-electron chi connectivity index (χ2n) is 6.36. The first-order valence-electron chi connectivity index (χ1n) is 8.45. The van der Waals surface area contributed by atoms with Crippen LogP contribution in [-0.4, -0.2) is 44.9 Å². The summed E-state index contributed by atoms with van der Waals surface area (Å²) in [4.78, 5) is 34.8. The lowest BCUT2D eigenvalue weighted by atomic mass is 9.80. The average Bonchev–Trinajstić information content (AvgIpc) is 3.09. The summed E-state index contributed by atoms with van der Waals surface area (Å²) in [6.07, 6.45) is 4.94. The van der Waals surface area contributed by atoms with Crippen molar-refractivity contribution in [1.29, 1.82) is 0 Å². The summed E-state index contributed by atoms with van der Waals surface area (Å²) in [5.41, 5.74) is 0.863. The number of hydrogen-bond acceptors (Lipinski definition) is 4. The molecular weight excluding hydrogens is 318 g/mol. The SMILES string of the molecule is CCCc1ncncc1C(=O)N1CC[C@](C(=O)O)(c2ccccc2)C1. The van der Waals surface area contributed by atoms with E-state index in [9.17, 15) is 14.7 Å². The fraction of sp³-hybridized carbons (Fsp3) is 0.368. The average molecular weight is 339 g/mol. The molecule has 6 heteroatoms. The van der Waals surface area contributed by atoms with E-state index in [-0.39, 0.29) is 12.5 Å². The zero-order valence-corrected chi connectivity index (χ0v) is 14.2. The number of carboxylic acids is 1. The zero-order chi connectivity index (χ0) is 17.9. The third kappa shape index (κ3) is 3.12. The van der Waals surface area contributed by atoms with Crippen LogP contribution < -0.4 is 0 Å². The lowest BCUT2D eigenvalue weighted by Gasteiger charge is -2.25. The quantitative estimate of drug-likeness (QED) is 0.904. The summed E-state index contributed by atoms with van der Waals surface area (Å²) < 4.78 is 0. The fourth-order valence-corrected chi connectivity index (χ4v) is 3.41. The summed E-state index contributed by atoms with van der Waals surface area (Å²) in [6, 6.07) is 9.14. The van der Waals surface area contributed by atoms with Gasteiger partial charge in [0.1, 0.15) is 11.7 Å². The molecule has 1 aliphatic heterocycles. The molecule has 130 valence electrons. The van der Waals surface area contributed by atoms with Crippen LogP contribution in [-0.2, 0) is 16.6 Å². The van der Waals surface area contributed by atoms with Crippen LogP contribution in [0.2, 0.25) is 0 Å². The van der Waals surface area contributed by atoms with Crippen LogP contribution in [0.1, 0.15) is 41.4 Å². The van der Waals surface area contributed by atoms with Gasteiger partial charge < -0.3 is 10.0 Å². The van der Waals surface area contributed by atoms with Crippen LogP contribution in [0, 0.1) is 0 Å². The molecule has 2 aromatic rings. The normalized spacial score (nSPS) is 19.8. The fourth-order valence-electron chi connectivity index (χ4n) is 3.41. The minimum Gasteiger partial charge on any atom is -0.481 e. The van der Waals surface area contributed by atoms with Crippen LogP contribution in [0.5, 0.6) is 0 Å². The summed E-state index contributed by atoms with van der Waals surface area (Å²) >= 11 is 0. The van der Waals surface area contributed by atoms with Crippen molar-refractivity contribution < 1.29 is 14.7 Å². The standard InChI is InChI=1S/C19H21N3O3/c1-2-6-16-15(11-20-13-21-16)17(23)22-10-9-19(12-22,18(24)25)14-7-4-3-5-8-14/h3-5,7-8,11,13H,2,6,9-10,12H2,1H3,(H,24,25)/t19-/m1/s1. The highest BCUT2D eigenvalue weighted by molar-refractivity contribution is 5.96. The van der Waals surface area contributed by atoms with E-state index < -0.39 is 11.4 Å². The van der Waals surface area contributed by atoms with Crippen LogP contribution in [0.3, 0.4) is 0 Å². The Kier molecular flexibility index (Phi) is 4.79. The number of carbonyl (C=O) groups excluding carboxylic acids is 1. The zero-order valence-electron chi connectivity index (χ0n) is 14.2. The maximum absolute atomic E-state index is 12.9. The summed E-state index contributed by atoms with van der Waals surface area (Å²) in [5.74, 6) is -1.09. The molecule has 2 heterocycles. The van der Waals surface area contributed by atoms with E-state index >= 15 is 0 Å². The lowest BCUT2D eigenvalue weighted by molar-refractivity contribution is -0.143. The highest BCUT2D eigenvalue weighted by Crippen LogP contribution is 2.35. The molecule has 0 bridgehead atoms. The van der Waals surface area contributed by atoms with E-state index in [1.54, 1.807) is 4.90 Å². The van der Waals surface area contributed by atoms with Crippen molar-refractivity contribution in [2.75, 3.05) is 13.1 Å². The number of nitrogens with zero attached hydrogens (tertiary/aromatic N) is 3. The Labute approximate surface area is 146 Å². The van der Waals surface area contributed by atoms with Crippen molar-refractivity contribution in [1.82, 2.24) is 14.9 Å². The number of likely N-dealkylation sites (tertiary alicyclic amines) is 1. The molecule has 0 unspecified atom stereocenters. The molecule has 6 nitrogen and oxygen atoms in total. The van der Waals surface area contributed by atoms with Crippen LogP contribution >= 0.6 is 0 Å². The summed E-state index contributed by atoms with van der Waals surface area (Å²) in [7, 11) is 0. The Bertz CT molecular complexity index is 778. The highest BCUT2D eigenvalue weighted by atomic mass is 16.4. The third-order valence-corrected chi connectivity index (χ3v) is 4.80. The first kappa shape index (κ1) is 17.1. The first-order chi connectivity index (χ1) is 12.1. The van der Waals surface area contributed by atoms with Crippen molar-refractivity contribution in [3.8, 4) is 0 Å². The predicted octanol–water partition coefficient (Wildman–Crippen LogP) is 2.30. The van der Waals surface area contributed by atoms with Gasteiger partial charge in [-0.3, -0.25) is 9.59 Å². The molecule has 0 saturated carbocycles. The third-order valence-electron chi connectivity index (χ3n) is 4.80. The van der Waals surface area contributed by atoms with Crippen molar-refractivity contribution in [3.63, 3.8) is 0 Å². The van der Waals surface area contributed by atoms with Gasteiger partial charge in [-0.1, -0.05) is 43.7 Å². The van der Waals surface area contributed by atoms with Gasteiger partial charge in [-0.15, -0.1) is 0 Å². The monoisotopic (exact) mass is 339 g/mol. The van der Waals surface area contributed by atoms with Crippen molar-refractivity contribution in [2.24, 2.45) is 0 Å². The topological polar surface area (TPSA) is 83.4 Å². The van der Waals surface area contributed by atoms with Gasteiger partial charge >= 0.3 is 5.97 Å². The minimum atomic E-state index is -1.06. The number of carbonyl (C=O) groups is 2. The summed E-state index contributed by atoms with van der Waals surface area (Å²) in [6.45, 7) is 2.59. The number of aliphatic carboxylic acids is 1. The molecule has 0 radical (unpaired) electrons. The van der Waals surface area contributed by atoms with Crippen LogP contribution in [0.25, 0.3) is 0 Å². The maximum atomic E-state index is 12.9. The first-order valence-corrected chi connectivity index (χ1v) is 8.45. The van der Waals surface area contributed by atoms with Gasteiger partial charge in [0.2, 0.25) is 0 Å². The highest BCUT2D eigenvalue weighted by Gasteiger charge is 2.47. The number of hydrogen-bond donors (Lipinski definition) is 1. The Morgan fingerprint density at radius 1 is 1.28 bits per heavy atom.